The highest BCUT2D eigenvalue weighted by atomic mass is 32.2. The van der Waals surface area contributed by atoms with E-state index in [1.54, 1.807) is 19.2 Å². The van der Waals surface area contributed by atoms with E-state index in [0.29, 0.717) is 22.2 Å². The lowest BCUT2D eigenvalue weighted by Crippen LogP contribution is -2.24. The van der Waals surface area contributed by atoms with E-state index in [9.17, 15) is 4.79 Å². The summed E-state index contributed by atoms with van der Waals surface area (Å²) < 4.78 is 5.16. The first kappa shape index (κ1) is 14.8. The minimum absolute atomic E-state index is 0.0965. The first-order chi connectivity index (χ1) is 8.54. The highest BCUT2D eigenvalue weighted by molar-refractivity contribution is 8.02. The van der Waals surface area contributed by atoms with Crippen LogP contribution in [0.15, 0.2) is 24.3 Å². The van der Waals surface area contributed by atoms with Gasteiger partial charge in [0.1, 0.15) is 5.75 Å². The predicted octanol–water partition coefficient (Wildman–Crippen LogP) is 2.04. The van der Waals surface area contributed by atoms with Crippen molar-refractivity contribution in [2.24, 2.45) is 5.73 Å². The lowest BCUT2D eigenvalue weighted by molar-refractivity contribution is -0.115. The van der Waals surface area contributed by atoms with Crippen molar-refractivity contribution in [2.75, 3.05) is 18.2 Å². The maximum absolute atomic E-state index is 11.9. The number of rotatable bonds is 6. The Bertz CT molecular complexity index is 438. The van der Waals surface area contributed by atoms with E-state index >= 15 is 0 Å². The number of benzene rings is 1. The Labute approximate surface area is 116 Å². The Hall–Kier alpha value is -1.27. The molecule has 0 fully saturated rings. The topological polar surface area (TPSA) is 64.3 Å². The molecule has 0 aliphatic rings. The van der Waals surface area contributed by atoms with Gasteiger partial charge in [-0.3, -0.25) is 4.79 Å². The van der Waals surface area contributed by atoms with E-state index < -0.39 is 0 Å². The Morgan fingerprint density at radius 2 is 2.22 bits per heavy atom. The maximum atomic E-state index is 11.9. The molecule has 1 unspecified atom stereocenters. The van der Waals surface area contributed by atoms with Crippen LogP contribution in [-0.2, 0) is 4.79 Å². The molecule has 98 valence electrons. The summed E-state index contributed by atoms with van der Waals surface area (Å²) in [4.78, 5) is 12.3. The first-order valence-corrected chi connectivity index (χ1v) is 6.84. The smallest absolute Gasteiger partial charge is 0.237 e. The zero-order valence-electron chi connectivity index (χ0n) is 10.3. The van der Waals surface area contributed by atoms with E-state index in [1.165, 1.54) is 11.8 Å². The number of amides is 1. The van der Waals surface area contributed by atoms with Crippen LogP contribution in [0.5, 0.6) is 5.75 Å². The van der Waals surface area contributed by atoms with Crippen LogP contribution in [0.2, 0.25) is 0 Å². The minimum atomic E-state index is -0.226. The summed E-state index contributed by atoms with van der Waals surface area (Å²) in [6.45, 7) is 1.81. The van der Waals surface area contributed by atoms with Gasteiger partial charge in [0.15, 0.2) is 0 Å². The summed E-state index contributed by atoms with van der Waals surface area (Å²) in [5, 5.41) is 2.59. The fourth-order valence-electron chi connectivity index (χ4n) is 1.27. The Morgan fingerprint density at radius 3 is 2.83 bits per heavy atom. The Morgan fingerprint density at radius 1 is 1.56 bits per heavy atom. The van der Waals surface area contributed by atoms with Crippen LogP contribution >= 0.6 is 24.0 Å². The average molecular weight is 284 g/mol. The number of nitrogens with two attached hydrogens (primary N) is 1. The number of para-hydroxylation sites is 2. The van der Waals surface area contributed by atoms with E-state index in [2.05, 4.69) is 5.32 Å². The SMILES string of the molecule is COc1ccccc1NC(=O)C(C)SCC(N)=S. The van der Waals surface area contributed by atoms with Crippen LogP contribution in [0, 0.1) is 0 Å². The first-order valence-electron chi connectivity index (χ1n) is 5.38. The highest BCUT2D eigenvalue weighted by Gasteiger charge is 2.15. The van der Waals surface area contributed by atoms with Gasteiger partial charge >= 0.3 is 0 Å². The normalized spacial score (nSPS) is 11.7. The van der Waals surface area contributed by atoms with Crippen molar-refractivity contribution in [1.82, 2.24) is 0 Å². The Balaban J connectivity index is 2.60. The lowest BCUT2D eigenvalue weighted by Gasteiger charge is -2.13. The number of carbonyl (C=O) groups is 1. The van der Waals surface area contributed by atoms with Crippen LogP contribution < -0.4 is 15.8 Å². The van der Waals surface area contributed by atoms with E-state index in [-0.39, 0.29) is 11.2 Å². The van der Waals surface area contributed by atoms with Gasteiger partial charge in [-0.05, 0) is 19.1 Å². The molecule has 0 bridgehead atoms. The van der Waals surface area contributed by atoms with Crippen LogP contribution in [0.4, 0.5) is 5.69 Å². The summed E-state index contributed by atoms with van der Waals surface area (Å²) in [7, 11) is 1.57. The third-order valence-electron chi connectivity index (χ3n) is 2.21. The van der Waals surface area contributed by atoms with Crippen molar-refractivity contribution in [3.63, 3.8) is 0 Å². The zero-order chi connectivity index (χ0) is 13.5. The van der Waals surface area contributed by atoms with Crippen LogP contribution in [0.1, 0.15) is 6.92 Å². The third kappa shape index (κ3) is 4.54. The molecule has 0 aliphatic heterocycles. The lowest BCUT2D eigenvalue weighted by atomic mass is 10.3. The standard InChI is InChI=1S/C12H16N2O2S2/c1-8(18-7-11(13)17)12(15)14-9-5-3-4-6-10(9)16-2/h3-6,8H,7H2,1-2H3,(H2,13,17)(H,14,15). The molecule has 0 spiro atoms. The van der Waals surface area contributed by atoms with Crippen molar-refractivity contribution in [1.29, 1.82) is 0 Å². The highest BCUT2D eigenvalue weighted by Crippen LogP contribution is 2.24. The zero-order valence-corrected chi connectivity index (χ0v) is 11.9. The molecular weight excluding hydrogens is 268 g/mol. The molecule has 0 saturated heterocycles. The molecule has 0 aromatic heterocycles. The largest absolute Gasteiger partial charge is 0.495 e. The van der Waals surface area contributed by atoms with E-state index in [4.69, 9.17) is 22.7 Å². The minimum Gasteiger partial charge on any atom is -0.495 e. The summed E-state index contributed by atoms with van der Waals surface area (Å²) in [5.74, 6) is 1.04. The maximum Gasteiger partial charge on any atom is 0.237 e. The van der Waals surface area contributed by atoms with Gasteiger partial charge in [0.25, 0.3) is 0 Å². The molecule has 1 rings (SSSR count). The number of hydrogen-bond acceptors (Lipinski definition) is 4. The molecule has 0 aliphatic carbocycles. The van der Waals surface area contributed by atoms with Crippen molar-refractivity contribution in [2.45, 2.75) is 12.2 Å². The second kappa shape index (κ2) is 7.23. The number of nitrogens with one attached hydrogen (secondary N) is 1. The molecule has 0 heterocycles. The van der Waals surface area contributed by atoms with Gasteiger partial charge in [-0.1, -0.05) is 24.4 Å². The predicted molar refractivity (Wildman–Crippen MR) is 80.3 cm³/mol. The third-order valence-corrected chi connectivity index (χ3v) is 3.73. The van der Waals surface area contributed by atoms with Crippen LogP contribution in [0.3, 0.4) is 0 Å². The molecule has 0 radical (unpaired) electrons. The molecule has 4 nitrogen and oxygen atoms in total. The average Bonchev–Trinajstić information content (AvgIpc) is 2.36. The second-order valence-corrected chi connectivity index (χ2v) is 5.46. The van der Waals surface area contributed by atoms with Gasteiger partial charge in [0, 0.05) is 5.75 Å². The fraction of sp³-hybridized carbons (Fsp3) is 0.333. The monoisotopic (exact) mass is 284 g/mol. The summed E-state index contributed by atoms with van der Waals surface area (Å²) in [5.41, 5.74) is 6.06. The summed E-state index contributed by atoms with van der Waals surface area (Å²) in [6, 6.07) is 7.27. The number of ether oxygens (including phenoxy) is 1. The number of anilines is 1. The number of thioether (sulfide) groups is 1. The fourth-order valence-corrected chi connectivity index (χ4v) is 2.09. The summed E-state index contributed by atoms with van der Waals surface area (Å²) >= 11 is 6.18. The van der Waals surface area contributed by atoms with Gasteiger partial charge in [-0.25, -0.2) is 0 Å². The van der Waals surface area contributed by atoms with Crippen LogP contribution in [0.25, 0.3) is 0 Å². The molecule has 1 amide bonds. The number of thiocarbonyl (C=S) groups is 1. The van der Waals surface area contributed by atoms with Gasteiger partial charge in [0.05, 0.1) is 23.0 Å². The van der Waals surface area contributed by atoms with E-state index in [0.717, 1.165) is 0 Å². The van der Waals surface area contributed by atoms with Gasteiger partial charge in [0.2, 0.25) is 5.91 Å². The van der Waals surface area contributed by atoms with Crippen molar-refractivity contribution >= 4 is 40.6 Å². The van der Waals surface area contributed by atoms with E-state index in [1.807, 2.05) is 19.1 Å². The molecule has 1 aromatic rings. The van der Waals surface area contributed by atoms with Gasteiger partial charge in [-0.15, -0.1) is 11.8 Å². The number of methoxy groups -OCH3 is 1. The Kier molecular flexibility index (Phi) is 5.94. The van der Waals surface area contributed by atoms with Gasteiger partial charge in [-0.2, -0.15) is 0 Å². The van der Waals surface area contributed by atoms with Crippen molar-refractivity contribution in [3.05, 3.63) is 24.3 Å². The van der Waals surface area contributed by atoms with Crippen molar-refractivity contribution < 1.29 is 9.53 Å². The quantitative estimate of drug-likeness (QED) is 0.783. The van der Waals surface area contributed by atoms with Crippen molar-refractivity contribution in [3.8, 4) is 5.75 Å². The van der Waals surface area contributed by atoms with Crippen LogP contribution in [-0.4, -0.2) is 29.0 Å². The molecule has 18 heavy (non-hydrogen) atoms. The van der Waals surface area contributed by atoms with Gasteiger partial charge < -0.3 is 15.8 Å². The molecule has 0 saturated carbocycles. The molecular formula is C12H16N2O2S2. The summed E-state index contributed by atoms with van der Waals surface area (Å²) in [6.07, 6.45) is 0. The molecule has 3 N–H and O–H groups in total. The molecule has 6 heteroatoms. The molecule has 1 atom stereocenters. The number of hydrogen-bond donors (Lipinski definition) is 2. The molecule has 1 aromatic carbocycles. The number of carbonyl (C=O) groups excluding carboxylic acids is 1. The second-order valence-electron chi connectivity index (χ2n) is 3.61.